The smallest absolute Gasteiger partial charge is 0.147 e. The van der Waals surface area contributed by atoms with Gasteiger partial charge in [-0.05, 0) is 48.2 Å². The van der Waals surface area contributed by atoms with Crippen molar-refractivity contribution in [2.45, 2.75) is 26.4 Å². The Labute approximate surface area is 124 Å². The van der Waals surface area contributed by atoms with E-state index in [0.29, 0.717) is 6.54 Å². The van der Waals surface area contributed by atoms with Gasteiger partial charge in [0, 0.05) is 30.7 Å². The fourth-order valence-corrected chi connectivity index (χ4v) is 2.47. The molecule has 1 aromatic carbocycles. The first-order chi connectivity index (χ1) is 10.4. The highest BCUT2D eigenvalue weighted by molar-refractivity contribution is 5.80. The zero-order valence-electron chi connectivity index (χ0n) is 12.3. The van der Waals surface area contributed by atoms with Gasteiger partial charge in [0.1, 0.15) is 5.82 Å². The molecule has 3 aromatic rings. The van der Waals surface area contributed by atoms with Gasteiger partial charge in [0.2, 0.25) is 0 Å². The van der Waals surface area contributed by atoms with Gasteiger partial charge in [0.05, 0.1) is 6.54 Å². The van der Waals surface area contributed by atoms with Crippen LogP contribution in [0.5, 0.6) is 0 Å². The maximum Gasteiger partial charge on any atom is 0.147 e. The van der Waals surface area contributed by atoms with Crippen molar-refractivity contribution in [1.29, 1.82) is 0 Å². The van der Waals surface area contributed by atoms with Crippen LogP contribution >= 0.6 is 0 Å². The number of hydrogen-bond acceptors (Lipinski definition) is 3. The van der Waals surface area contributed by atoms with Crippen molar-refractivity contribution >= 4 is 10.9 Å². The molecule has 4 nitrogen and oxygen atoms in total. The van der Waals surface area contributed by atoms with Crippen LogP contribution in [0.3, 0.4) is 0 Å². The van der Waals surface area contributed by atoms with E-state index in [4.69, 9.17) is 0 Å². The Kier molecular flexibility index (Phi) is 4.26. The van der Waals surface area contributed by atoms with E-state index in [9.17, 15) is 0 Å². The summed E-state index contributed by atoms with van der Waals surface area (Å²) in [6.45, 7) is 4.88. The first-order valence-electron chi connectivity index (χ1n) is 7.41. The Bertz CT molecular complexity index is 703. The Morgan fingerprint density at radius 3 is 2.81 bits per heavy atom. The third-order valence-electron chi connectivity index (χ3n) is 3.52. The lowest BCUT2D eigenvalue weighted by atomic mass is 10.1. The van der Waals surface area contributed by atoms with Crippen LogP contribution in [0.15, 0.2) is 48.9 Å². The second-order valence-corrected chi connectivity index (χ2v) is 5.18. The van der Waals surface area contributed by atoms with Gasteiger partial charge in [-0.2, -0.15) is 0 Å². The lowest BCUT2D eigenvalue weighted by Crippen LogP contribution is -2.13. The first kappa shape index (κ1) is 13.8. The van der Waals surface area contributed by atoms with Gasteiger partial charge in [-0.1, -0.05) is 13.0 Å². The SMILES string of the molecule is CCCNCc1ccc2c(ccn2Cc2ncccn2)c1. The molecule has 4 heteroatoms. The molecule has 2 heterocycles. The fraction of sp³-hybridized carbons (Fsp3) is 0.294. The van der Waals surface area contributed by atoms with Crippen LogP contribution in [0, 0.1) is 0 Å². The molecule has 0 amide bonds. The molecular formula is C17H20N4. The molecule has 0 spiro atoms. The van der Waals surface area contributed by atoms with Crippen LogP contribution in [-0.4, -0.2) is 21.1 Å². The number of nitrogens with zero attached hydrogens (tertiary/aromatic N) is 3. The topological polar surface area (TPSA) is 42.7 Å². The molecule has 0 unspecified atom stereocenters. The summed E-state index contributed by atoms with van der Waals surface area (Å²) < 4.78 is 2.19. The quantitative estimate of drug-likeness (QED) is 0.706. The molecule has 2 aromatic heterocycles. The minimum absolute atomic E-state index is 0.706. The van der Waals surface area contributed by atoms with E-state index >= 15 is 0 Å². The zero-order valence-corrected chi connectivity index (χ0v) is 12.3. The molecule has 0 bridgehead atoms. The Hall–Kier alpha value is -2.20. The van der Waals surface area contributed by atoms with Gasteiger partial charge in [-0.15, -0.1) is 0 Å². The van der Waals surface area contributed by atoms with E-state index in [1.807, 2.05) is 6.07 Å². The summed E-state index contributed by atoms with van der Waals surface area (Å²) in [7, 11) is 0. The minimum atomic E-state index is 0.706. The number of hydrogen-bond donors (Lipinski definition) is 1. The van der Waals surface area contributed by atoms with Gasteiger partial charge >= 0.3 is 0 Å². The summed E-state index contributed by atoms with van der Waals surface area (Å²) >= 11 is 0. The Morgan fingerprint density at radius 2 is 2.00 bits per heavy atom. The molecule has 108 valence electrons. The van der Waals surface area contributed by atoms with Crippen molar-refractivity contribution in [2.75, 3.05) is 6.54 Å². The van der Waals surface area contributed by atoms with Crippen LogP contribution < -0.4 is 5.32 Å². The summed E-state index contributed by atoms with van der Waals surface area (Å²) in [5.74, 6) is 0.837. The lowest BCUT2D eigenvalue weighted by Gasteiger charge is -2.06. The second-order valence-electron chi connectivity index (χ2n) is 5.18. The van der Waals surface area contributed by atoms with Gasteiger partial charge in [0.15, 0.2) is 0 Å². The second kappa shape index (κ2) is 6.50. The standard InChI is InChI=1S/C17H20N4/c1-2-7-18-12-14-4-5-16-15(11-14)6-10-21(16)13-17-19-8-3-9-20-17/h3-6,8-11,18H,2,7,12-13H2,1H3. The van der Waals surface area contributed by atoms with Crippen molar-refractivity contribution in [3.63, 3.8) is 0 Å². The van der Waals surface area contributed by atoms with Crippen molar-refractivity contribution in [3.8, 4) is 0 Å². The summed E-state index contributed by atoms with van der Waals surface area (Å²) in [4.78, 5) is 8.57. The molecule has 0 saturated heterocycles. The fourth-order valence-electron chi connectivity index (χ4n) is 2.47. The average Bonchev–Trinajstić information content (AvgIpc) is 2.91. The molecular weight excluding hydrogens is 260 g/mol. The molecule has 0 saturated carbocycles. The molecule has 21 heavy (non-hydrogen) atoms. The predicted molar refractivity (Wildman–Crippen MR) is 85.1 cm³/mol. The number of nitrogens with one attached hydrogen (secondary N) is 1. The molecule has 3 rings (SSSR count). The molecule has 0 aliphatic carbocycles. The van der Waals surface area contributed by atoms with E-state index in [1.54, 1.807) is 12.4 Å². The highest BCUT2D eigenvalue weighted by atomic mass is 15.0. The molecule has 0 aliphatic rings. The van der Waals surface area contributed by atoms with Gasteiger partial charge in [0.25, 0.3) is 0 Å². The highest BCUT2D eigenvalue weighted by Gasteiger charge is 2.04. The van der Waals surface area contributed by atoms with Crippen molar-refractivity contribution in [2.24, 2.45) is 0 Å². The minimum Gasteiger partial charge on any atom is -0.340 e. The van der Waals surface area contributed by atoms with Crippen molar-refractivity contribution in [1.82, 2.24) is 19.9 Å². The third-order valence-corrected chi connectivity index (χ3v) is 3.52. The Morgan fingerprint density at radius 1 is 1.14 bits per heavy atom. The van der Waals surface area contributed by atoms with Crippen molar-refractivity contribution < 1.29 is 0 Å². The largest absolute Gasteiger partial charge is 0.340 e. The highest BCUT2D eigenvalue weighted by Crippen LogP contribution is 2.18. The van der Waals surface area contributed by atoms with Gasteiger partial charge in [-0.3, -0.25) is 0 Å². The normalized spacial score (nSPS) is 11.1. The van der Waals surface area contributed by atoms with Gasteiger partial charge in [-0.25, -0.2) is 9.97 Å². The molecule has 1 N–H and O–H groups in total. The van der Waals surface area contributed by atoms with Crippen LogP contribution in [0.25, 0.3) is 10.9 Å². The van der Waals surface area contributed by atoms with E-state index in [1.165, 1.54) is 16.5 Å². The van der Waals surface area contributed by atoms with E-state index < -0.39 is 0 Å². The van der Waals surface area contributed by atoms with Crippen molar-refractivity contribution in [3.05, 3.63) is 60.3 Å². The molecule has 0 radical (unpaired) electrons. The maximum absolute atomic E-state index is 4.29. The van der Waals surface area contributed by atoms with E-state index in [2.05, 4.69) is 57.2 Å². The molecule has 0 aliphatic heterocycles. The summed E-state index contributed by atoms with van der Waals surface area (Å²) in [5.41, 5.74) is 2.55. The number of rotatable bonds is 6. The lowest BCUT2D eigenvalue weighted by molar-refractivity contribution is 0.676. The number of aromatic nitrogens is 3. The Balaban J connectivity index is 1.79. The van der Waals surface area contributed by atoms with Crippen LogP contribution in [0.1, 0.15) is 24.7 Å². The zero-order chi connectivity index (χ0) is 14.5. The monoisotopic (exact) mass is 280 g/mol. The van der Waals surface area contributed by atoms with Gasteiger partial charge < -0.3 is 9.88 Å². The molecule has 0 atom stereocenters. The van der Waals surface area contributed by atoms with E-state index in [0.717, 1.165) is 25.3 Å². The summed E-state index contributed by atoms with van der Waals surface area (Å²) in [6, 6.07) is 10.6. The first-order valence-corrected chi connectivity index (χ1v) is 7.41. The predicted octanol–water partition coefficient (Wildman–Crippen LogP) is 2.98. The molecule has 0 fully saturated rings. The van der Waals surface area contributed by atoms with E-state index in [-0.39, 0.29) is 0 Å². The number of fused-ring (bicyclic) bond motifs is 1. The van der Waals surface area contributed by atoms with Crippen LogP contribution in [-0.2, 0) is 13.1 Å². The summed E-state index contributed by atoms with van der Waals surface area (Å²) in [5, 5.41) is 4.70. The third kappa shape index (κ3) is 3.28. The number of benzene rings is 1. The van der Waals surface area contributed by atoms with Crippen LogP contribution in [0.4, 0.5) is 0 Å². The average molecular weight is 280 g/mol. The van der Waals surface area contributed by atoms with Crippen LogP contribution in [0.2, 0.25) is 0 Å². The summed E-state index contributed by atoms with van der Waals surface area (Å²) in [6.07, 6.45) is 6.83. The maximum atomic E-state index is 4.29.